The van der Waals surface area contributed by atoms with Crippen LogP contribution in [0.4, 0.5) is 17.1 Å². The third-order valence-electron chi connectivity index (χ3n) is 10.1. The molecule has 47 heavy (non-hydrogen) atoms. The largest absolute Gasteiger partial charge is 0.394 e. The van der Waals surface area contributed by atoms with E-state index in [1.165, 1.54) is 0 Å². The van der Waals surface area contributed by atoms with Crippen molar-refractivity contribution >= 4 is 40.7 Å². The Kier molecular flexibility index (Phi) is 7.93. The third kappa shape index (κ3) is 5.31. The summed E-state index contributed by atoms with van der Waals surface area (Å²) in [5.74, 6) is -1.31. The first-order valence-electron chi connectivity index (χ1n) is 16.2. The number of aliphatic hydroxyl groups is 2. The van der Waals surface area contributed by atoms with Crippen LogP contribution >= 0.6 is 0 Å². The van der Waals surface area contributed by atoms with Crippen LogP contribution in [0.1, 0.15) is 48.4 Å². The summed E-state index contributed by atoms with van der Waals surface area (Å²) in [6, 6.07) is 20.4. The Hall–Kier alpha value is -4.80. The van der Waals surface area contributed by atoms with Gasteiger partial charge in [-0.2, -0.15) is 0 Å². The molecular formula is C37H38N4O6. The lowest BCUT2D eigenvalue weighted by atomic mass is 9.82. The Labute approximate surface area is 273 Å². The molecule has 2 fully saturated rings. The van der Waals surface area contributed by atoms with Gasteiger partial charge in [-0.15, -0.1) is 0 Å². The van der Waals surface area contributed by atoms with Gasteiger partial charge in [-0.05, 0) is 53.4 Å². The van der Waals surface area contributed by atoms with Crippen molar-refractivity contribution in [3.05, 3.63) is 101 Å². The lowest BCUT2D eigenvalue weighted by Gasteiger charge is -2.36. The number of benzene rings is 3. The van der Waals surface area contributed by atoms with Crippen LogP contribution in [0.3, 0.4) is 0 Å². The number of hydrogen-bond donors (Lipinski definition) is 2. The topological polar surface area (TPSA) is 122 Å². The van der Waals surface area contributed by atoms with Crippen LogP contribution in [0.5, 0.6) is 0 Å². The minimum Gasteiger partial charge on any atom is -0.394 e. The minimum absolute atomic E-state index is 0.0139. The quantitative estimate of drug-likeness (QED) is 0.275. The number of amides is 4. The number of aliphatic hydroxyl groups excluding tert-OH is 1. The van der Waals surface area contributed by atoms with Crippen molar-refractivity contribution in [2.24, 2.45) is 5.92 Å². The number of carbonyl (C=O) groups is 4. The summed E-state index contributed by atoms with van der Waals surface area (Å²) in [4.78, 5) is 58.5. The van der Waals surface area contributed by atoms with E-state index in [0.717, 1.165) is 22.4 Å². The van der Waals surface area contributed by atoms with Gasteiger partial charge in [0.05, 0.1) is 24.9 Å². The van der Waals surface area contributed by atoms with Crippen molar-refractivity contribution in [2.75, 3.05) is 34.4 Å². The van der Waals surface area contributed by atoms with Crippen molar-refractivity contribution in [3.63, 3.8) is 0 Å². The summed E-state index contributed by atoms with van der Waals surface area (Å²) >= 11 is 0. The van der Waals surface area contributed by atoms with Crippen LogP contribution in [0, 0.1) is 5.92 Å². The molecular weight excluding hydrogens is 596 g/mol. The van der Waals surface area contributed by atoms with Crippen LogP contribution in [-0.4, -0.2) is 64.5 Å². The second kappa shape index (κ2) is 12.1. The van der Waals surface area contributed by atoms with Crippen molar-refractivity contribution < 1.29 is 29.4 Å². The summed E-state index contributed by atoms with van der Waals surface area (Å²) in [5, 5.41) is 22.3. The third-order valence-corrected chi connectivity index (χ3v) is 10.1. The maximum Gasteiger partial charge on any atom is 0.264 e. The summed E-state index contributed by atoms with van der Waals surface area (Å²) in [6.07, 6.45) is 4.99. The average Bonchev–Trinajstić information content (AvgIpc) is 3.28. The maximum absolute atomic E-state index is 14.2. The molecule has 0 bridgehead atoms. The van der Waals surface area contributed by atoms with E-state index in [-0.39, 0.29) is 43.3 Å². The number of carbonyl (C=O) groups excluding carboxylic acids is 4. The van der Waals surface area contributed by atoms with Gasteiger partial charge in [0.15, 0.2) is 5.60 Å². The van der Waals surface area contributed by atoms with E-state index in [1.54, 1.807) is 56.9 Å². The molecule has 7 rings (SSSR count). The first-order valence-corrected chi connectivity index (χ1v) is 16.2. The van der Waals surface area contributed by atoms with Gasteiger partial charge >= 0.3 is 0 Å². The van der Waals surface area contributed by atoms with Gasteiger partial charge in [0.1, 0.15) is 0 Å². The number of anilines is 3. The highest BCUT2D eigenvalue weighted by Gasteiger charge is 2.53. The molecule has 10 nitrogen and oxygen atoms in total. The molecule has 4 amide bonds. The SMILES string of the molecule is C[C@H](/C=C/CC(=O)N1Cc2ccccc2C[C@H]1CO)[C@@]1(O)C(=O)N(Cc2cccc(N3CCC3=O)c2)c2ccc(N3CCC3=O)cc21. The zero-order valence-electron chi connectivity index (χ0n) is 26.3. The van der Waals surface area contributed by atoms with Crippen molar-refractivity contribution in [1.29, 1.82) is 0 Å². The van der Waals surface area contributed by atoms with E-state index in [0.29, 0.717) is 55.8 Å². The Morgan fingerprint density at radius 1 is 0.936 bits per heavy atom. The van der Waals surface area contributed by atoms with Crippen LogP contribution in [0.25, 0.3) is 0 Å². The van der Waals surface area contributed by atoms with Gasteiger partial charge in [-0.3, -0.25) is 19.2 Å². The van der Waals surface area contributed by atoms with Crippen molar-refractivity contribution in [3.8, 4) is 0 Å². The van der Waals surface area contributed by atoms with E-state index in [4.69, 9.17) is 0 Å². The molecule has 0 aliphatic carbocycles. The van der Waals surface area contributed by atoms with Gasteiger partial charge in [0.25, 0.3) is 5.91 Å². The van der Waals surface area contributed by atoms with E-state index in [1.807, 2.05) is 48.5 Å². The molecule has 2 saturated heterocycles. The highest BCUT2D eigenvalue weighted by atomic mass is 16.3. The lowest BCUT2D eigenvalue weighted by molar-refractivity contribution is -0.139. The van der Waals surface area contributed by atoms with E-state index in [9.17, 15) is 29.4 Å². The van der Waals surface area contributed by atoms with Gasteiger partial charge in [0, 0.05) is 61.8 Å². The number of β-lactam (4-membered cyclic amide) rings is 2. The van der Waals surface area contributed by atoms with Crippen LogP contribution in [0.15, 0.2) is 78.9 Å². The molecule has 3 aromatic rings. The molecule has 242 valence electrons. The summed E-state index contributed by atoms with van der Waals surface area (Å²) < 4.78 is 0. The second-order valence-corrected chi connectivity index (χ2v) is 12.9. The van der Waals surface area contributed by atoms with Crippen molar-refractivity contribution in [1.82, 2.24) is 4.90 Å². The molecule has 4 heterocycles. The highest BCUT2D eigenvalue weighted by Crippen LogP contribution is 2.47. The lowest BCUT2D eigenvalue weighted by Crippen LogP contribution is -2.46. The first-order chi connectivity index (χ1) is 22.7. The Morgan fingerprint density at radius 2 is 1.64 bits per heavy atom. The molecule has 3 atom stereocenters. The van der Waals surface area contributed by atoms with E-state index in [2.05, 4.69) is 0 Å². The van der Waals surface area contributed by atoms with Crippen LogP contribution in [0.2, 0.25) is 0 Å². The van der Waals surface area contributed by atoms with Crippen LogP contribution in [-0.2, 0) is 44.3 Å². The fraction of sp³-hybridized carbons (Fsp3) is 0.351. The Bertz CT molecular complexity index is 1800. The van der Waals surface area contributed by atoms with Crippen molar-refractivity contribution in [2.45, 2.75) is 57.3 Å². The number of fused-ring (bicyclic) bond motifs is 2. The van der Waals surface area contributed by atoms with Gasteiger partial charge in [0.2, 0.25) is 17.7 Å². The van der Waals surface area contributed by atoms with Gasteiger partial charge in [-0.25, -0.2) is 0 Å². The van der Waals surface area contributed by atoms with E-state index < -0.39 is 17.4 Å². The zero-order chi connectivity index (χ0) is 32.9. The first kappa shape index (κ1) is 30.8. The van der Waals surface area contributed by atoms with E-state index >= 15 is 0 Å². The number of hydrogen-bond acceptors (Lipinski definition) is 6. The molecule has 10 heteroatoms. The number of rotatable bonds is 9. The Balaban J connectivity index is 1.14. The molecule has 0 spiro atoms. The summed E-state index contributed by atoms with van der Waals surface area (Å²) in [6.45, 7) is 3.43. The molecule has 3 aromatic carbocycles. The zero-order valence-corrected chi connectivity index (χ0v) is 26.3. The highest BCUT2D eigenvalue weighted by molar-refractivity contribution is 6.08. The predicted octanol–water partition coefficient (Wildman–Crippen LogP) is 3.42. The second-order valence-electron chi connectivity index (χ2n) is 12.9. The maximum atomic E-state index is 14.2. The fourth-order valence-corrected chi connectivity index (χ4v) is 7.11. The predicted molar refractivity (Wildman–Crippen MR) is 176 cm³/mol. The molecule has 0 unspecified atom stereocenters. The molecule has 0 radical (unpaired) electrons. The average molecular weight is 635 g/mol. The fourth-order valence-electron chi connectivity index (χ4n) is 7.11. The molecule has 0 saturated carbocycles. The standard InChI is InChI=1S/C37H38N4O6/c1-24(6-4-11-33(43)40-22-27-9-3-2-8-26(27)19-30(40)23-42)37(47)31-20-29(39-17-15-35(39)45)12-13-32(31)41(36(37)46)21-25-7-5-10-28(18-25)38-16-14-34(38)44/h2-10,12-13,18,20,24,30,42,47H,11,14-17,19,21-23H2,1H3/b6-4+/t24-,30+,37+/m1/s1. The molecule has 4 aliphatic heterocycles. The number of nitrogens with zero attached hydrogens (tertiary/aromatic N) is 4. The summed E-state index contributed by atoms with van der Waals surface area (Å²) in [7, 11) is 0. The van der Waals surface area contributed by atoms with Gasteiger partial charge in [-0.1, -0.05) is 55.5 Å². The smallest absolute Gasteiger partial charge is 0.264 e. The normalized spacial score (nSPS) is 22.7. The van der Waals surface area contributed by atoms with Crippen LogP contribution < -0.4 is 14.7 Å². The monoisotopic (exact) mass is 634 g/mol. The van der Waals surface area contributed by atoms with Gasteiger partial charge < -0.3 is 29.8 Å². The minimum atomic E-state index is -1.94. The summed E-state index contributed by atoms with van der Waals surface area (Å²) in [5.41, 5.74) is 3.41. The molecule has 2 N–H and O–H groups in total. The molecule has 0 aromatic heterocycles. The molecule has 4 aliphatic rings. The Morgan fingerprint density at radius 3 is 2.30 bits per heavy atom.